The normalized spacial score (nSPS) is 14.9. The summed E-state index contributed by atoms with van der Waals surface area (Å²) >= 11 is 1.62. The molecule has 2 amide bonds. The zero-order valence-corrected chi connectivity index (χ0v) is 14.7. The number of nitro groups is 1. The number of carbonyl (C=O) groups is 1. The van der Waals surface area contributed by atoms with E-state index in [0.29, 0.717) is 18.8 Å². The van der Waals surface area contributed by atoms with E-state index in [1.54, 1.807) is 28.4 Å². The van der Waals surface area contributed by atoms with Gasteiger partial charge in [0.05, 0.1) is 10.6 Å². The molecule has 1 aliphatic heterocycles. The third-order valence-electron chi connectivity index (χ3n) is 3.99. The molecule has 1 N–H and O–H groups in total. The van der Waals surface area contributed by atoms with Crippen molar-refractivity contribution in [3.63, 3.8) is 0 Å². The minimum Gasteiger partial charge on any atom is -0.346 e. The van der Waals surface area contributed by atoms with Crippen molar-refractivity contribution in [2.24, 2.45) is 0 Å². The maximum absolute atomic E-state index is 12.4. The summed E-state index contributed by atoms with van der Waals surface area (Å²) in [5.74, 6) is 0. The predicted molar refractivity (Wildman–Crippen MR) is 97.4 cm³/mol. The second kappa shape index (κ2) is 7.47. The lowest BCUT2D eigenvalue weighted by Gasteiger charge is -2.22. The van der Waals surface area contributed by atoms with Crippen LogP contribution in [-0.2, 0) is 0 Å². The lowest BCUT2D eigenvalue weighted by Crippen LogP contribution is -2.38. The highest BCUT2D eigenvalue weighted by atomic mass is 32.1. The van der Waals surface area contributed by atoms with E-state index in [-0.39, 0.29) is 11.7 Å². The van der Waals surface area contributed by atoms with E-state index in [1.807, 2.05) is 12.3 Å². The fourth-order valence-corrected chi connectivity index (χ4v) is 3.52. The molecule has 0 unspecified atom stereocenters. The Kier molecular flexibility index (Phi) is 5.13. The summed E-state index contributed by atoms with van der Waals surface area (Å²) in [4.78, 5) is 31.1. The molecule has 9 heteroatoms. The van der Waals surface area contributed by atoms with Gasteiger partial charge in [0.2, 0.25) is 0 Å². The Morgan fingerprint density at radius 1 is 1.24 bits per heavy atom. The van der Waals surface area contributed by atoms with Gasteiger partial charge in [0.25, 0.3) is 5.69 Å². The van der Waals surface area contributed by atoms with Gasteiger partial charge in [-0.05, 0) is 25.5 Å². The maximum atomic E-state index is 12.4. The van der Waals surface area contributed by atoms with Crippen molar-refractivity contribution in [2.45, 2.75) is 13.3 Å². The molecule has 0 radical (unpaired) electrons. The van der Waals surface area contributed by atoms with Crippen LogP contribution in [0.2, 0.25) is 0 Å². The lowest BCUT2D eigenvalue weighted by atomic mass is 10.3. The summed E-state index contributed by atoms with van der Waals surface area (Å²) in [5.41, 5.74) is 1.56. The van der Waals surface area contributed by atoms with Gasteiger partial charge in [-0.25, -0.2) is 9.78 Å². The van der Waals surface area contributed by atoms with Crippen LogP contribution in [0.3, 0.4) is 0 Å². The number of aromatic nitrogens is 1. The molecule has 1 fully saturated rings. The smallest absolute Gasteiger partial charge is 0.321 e. The monoisotopic (exact) mass is 361 g/mol. The molecular formula is C16H19N5O3S. The van der Waals surface area contributed by atoms with Gasteiger partial charge >= 0.3 is 6.03 Å². The van der Waals surface area contributed by atoms with Crippen LogP contribution in [0, 0.1) is 17.0 Å². The first kappa shape index (κ1) is 17.2. The number of rotatable bonds is 3. The van der Waals surface area contributed by atoms with E-state index in [0.717, 1.165) is 30.3 Å². The molecule has 132 valence electrons. The average molecular weight is 361 g/mol. The fraction of sp³-hybridized carbons (Fsp3) is 0.375. The van der Waals surface area contributed by atoms with Crippen LogP contribution in [0.15, 0.2) is 29.6 Å². The van der Waals surface area contributed by atoms with E-state index in [4.69, 9.17) is 0 Å². The van der Waals surface area contributed by atoms with Crippen LogP contribution < -0.4 is 10.2 Å². The van der Waals surface area contributed by atoms with E-state index < -0.39 is 4.92 Å². The highest BCUT2D eigenvalue weighted by Crippen LogP contribution is 2.22. The molecule has 1 aromatic carbocycles. The summed E-state index contributed by atoms with van der Waals surface area (Å²) in [6.07, 6.45) is 0.867. The maximum Gasteiger partial charge on any atom is 0.321 e. The molecule has 0 atom stereocenters. The Hall–Kier alpha value is -2.68. The minimum atomic E-state index is -0.463. The topological polar surface area (TPSA) is 91.6 Å². The van der Waals surface area contributed by atoms with E-state index >= 15 is 0 Å². The molecule has 0 saturated carbocycles. The lowest BCUT2D eigenvalue weighted by molar-refractivity contribution is -0.384. The van der Waals surface area contributed by atoms with Crippen molar-refractivity contribution >= 4 is 33.9 Å². The molecule has 0 bridgehead atoms. The number of nitro benzene ring substituents is 1. The Morgan fingerprint density at radius 2 is 2.00 bits per heavy atom. The number of carbonyl (C=O) groups excluding carboxylic acids is 1. The van der Waals surface area contributed by atoms with Crippen molar-refractivity contribution in [2.75, 3.05) is 36.4 Å². The largest absolute Gasteiger partial charge is 0.346 e. The number of hydrogen-bond acceptors (Lipinski definition) is 6. The predicted octanol–water partition coefficient (Wildman–Crippen LogP) is 3.10. The molecule has 2 aromatic rings. The number of benzene rings is 1. The number of thiazole rings is 1. The van der Waals surface area contributed by atoms with Crippen molar-refractivity contribution in [3.05, 3.63) is 45.5 Å². The highest BCUT2D eigenvalue weighted by Gasteiger charge is 2.20. The van der Waals surface area contributed by atoms with Gasteiger partial charge in [0.1, 0.15) is 0 Å². The first-order valence-corrected chi connectivity index (χ1v) is 8.88. The van der Waals surface area contributed by atoms with Gasteiger partial charge < -0.3 is 15.1 Å². The van der Waals surface area contributed by atoms with Crippen LogP contribution in [0.25, 0.3) is 0 Å². The average Bonchev–Trinajstić information content (AvgIpc) is 2.88. The summed E-state index contributed by atoms with van der Waals surface area (Å²) < 4.78 is 0. The third kappa shape index (κ3) is 4.24. The second-order valence-electron chi connectivity index (χ2n) is 5.83. The number of anilines is 2. The van der Waals surface area contributed by atoms with Crippen molar-refractivity contribution < 1.29 is 9.72 Å². The van der Waals surface area contributed by atoms with Crippen molar-refractivity contribution in [3.8, 4) is 0 Å². The van der Waals surface area contributed by atoms with Gasteiger partial charge in [-0.2, -0.15) is 0 Å². The number of non-ortho nitro benzene ring substituents is 1. The molecular weight excluding hydrogens is 342 g/mol. The van der Waals surface area contributed by atoms with Gasteiger partial charge in [-0.15, -0.1) is 11.3 Å². The van der Waals surface area contributed by atoms with E-state index in [1.165, 1.54) is 12.1 Å². The van der Waals surface area contributed by atoms with Crippen molar-refractivity contribution in [1.82, 2.24) is 9.88 Å². The summed E-state index contributed by atoms with van der Waals surface area (Å²) in [7, 11) is 0. The number of urea groups is 1. The minimum absolute atomic E-state index is 0.00199. The van der Waals surface area contributed by atoms with Gasteiger partial charge in [0, 0.05) is 49.4 Å². The Balaban J connectivity index is 1.58. The van der Waals surface area contributed by atoms with Gasteiger partial charge in [0.15, 0.2) is 5.13 Å². The standard InChI is InChI=1S/C16H19N5O3S/c1-12-11-25-16(17-12)20-8-2-7-19(9-10-20)15(22)18-13-3-5-14(6-4-13)21(23)24/h3-6,11H,2,7-10H2,1H3,(H,18,22). The quantitative estimate of drug-likeness (QED) is 0.670. The molecule has 2 heterocycles. The zero-order chi connectivity index (χ0) is 17.8. The Labute approximate surface area is 149 Å². The number of aryl methyl sites for hydroxylation is 1. The van der Waals surface area contributed by atoms with Gasteiger partial charge in [-0.1, -0.05) is 0 Å². The number of nitrogens with zero attached hydrogens (tertiary/aromatic N) is 4. The van der Waals surface area contributed by atoms with E-state index in [2.05, 4.69) is 15.2 Å². The summed E-state index contributed by atoms with van der Waals surface area (Å²) in [6, 6.07) is 5.65. The van der Waals surface area contributed by atoms with Crippen LogP contribution in [0.4, 0.5) is 21.3 Å². The van der Waals surface area contributed by atoms with Crippen LogP contribution in [0.1, 0.15) is 12.1 Å². The number of hydrogen-bond donors (Lipinski definition) is 1. The Bertz CT molecular complexity index is 761. The molecule has 1 saturated heterocycles. The Morgan fingerprint density at radius 3 is 2.64 bits per heavy atom. The summed E-state index contributed by atoms with van der Waals surface area (Å²) in [6.45, 7) is 4.85. The van der Waals surface area contributed by atoms with Gasteiger partial charge in [-0.3, -0.25) is 10.1 Å². The molecule has 8 nitrogen and oxygen atoms in total. The SMILES string of the molecule is Cc1csc(N2CCCN(C(=O)Nc3ccc([N+](=O)[O-])cc3)CC2)n1. The van der Waals surface area contributed by atoms with Crippen LogP contribution in [-0.4, -0.2) is 47.0 Å². The second-order valence-corrected chi connectivity index (χ2v) is 6.67. The number of nitrogens with one attached hydrogen (secondary N) is 1. The first-order chi connectivity index (χ1) is 12.0. The number of amides is 2. The fourth-order valence-electron chi connectivity index (χ4n) is 2.67. The summed E-state index contributed by atoms with van der Waals surface area (Å²) in [5, 5.41) is 16.5. The first-order valence-electron chi connectivity index (χ1n) is 8.00. The molecule has 1 aromatic heterocycles. The highest BCUT2D eigenvalue weighted by molar-refractivity contribution is 7.13. The van der Waals surface area contributed by atoms with Crippen LogP contribution in [0.5, 0.6) is 0 Å². The molecule has 3 rings (SSSR count). The third-order valence-corrected chi connectivity index (χ3v) is 5.01. The molecule has 1 aliphatic rings. The van der Waals surface area contributed by atoms with E-state index in [9.17, 15) is 14.9 Å². The van der Waals surface area contributed by atoms with Crippen LogP contribution >= 0.6 is 11.3 Å². The molecule has 0 aliphatic carbocycles. The molecule has 0 spiro atoms. The molecule has 25 heavy (non-hydrogen) atoms. The zero-order valence-electron chi connectivity index (χ0n) is 13.8. The van der Waals surface area contributed by atoms with Crippen molar-refractivity contribution in [1.29, 1.82) is 0 Å².